The SMILES string of the molecule is CCCS(=O)(=O)N1CCCC(c2nc3ccc(-c4cc(F)ccc4OC)cn3n2)C1. The first-order valence-electron chi connectivity index (χ1n) is 10.1. The minimum absolute atomic E-state index is 0.0440. The van der Waals surface area contributed by atoms with Crippen molar-refractivity contribution in [3.8, 4) is 16.9 Å². The van der Waals surface area contributed by atoms with Gasteiger partial charge in [-0.05, 0) is 49.6 Å². The quantitative estimate of drug-likeness (QED) is 0.596. The average molecular weight is 433 g/mol. The van der Waals surface area contributed by atoms with Crippen molar-refractivity contribution in [3.05, 3.63) is 48.2 Å². The predicted molar refractivity (Wildman–Crippen MR) is 113 cm³/mol. The van der Waals surface area contributed by atoms with Gasteiger partial charge in [-0.25, -0.2) is 26.6 Å². The van der Waals surface area contributed by atoms with Gasteiger partial charge in [0.15, 0.2) is 11.5 Å². The Hall–Kier alpha value is -2.52. The molecule has 160 valence electrons. The topological polar surface area (TPSA) is 76.8 Å². The number of piperidine rings is 1. The highest BCUT2D eigenvalue weighted by Crippen LogP contribution is 2.31. The van der Waals surface area contributed by atoms with Crippen molar-refractivity contribution in [2.45, 2.75) is 32.1 Å². The molecular formula is C21H25FN4O3S. The molecule has 30 heavy (non-hydrogen) atoms. The number of hydrogen-bond donors (Lipinski definition) is 0. The highest BCUT2D eigenvalue weighted by atomic mass is 32.2. The molecule has 3 aromatic rings. The molecule has 1 aliphatic heterocycles. The largest absolute Gasteiger partial charge is 0.496 e. The van der Waals surface area contributed by atoms with E-state index in [1.54, 1.807) is 28.2 Å². The highest BCUT2D eigenvalue weighted by molar-refractivity contribution is 7.89. The Bertz CT molecular complexity index is 1160. The highest BCUT2D eigenvalue weighted by Gasteiger charge is 2.31. The number of nitrogens with zero attached hydrogens (tertiary/aromatic N) is 4. The Labute approximate surface area is 175 Å². The molecule has 1 aromatic carbocycles. The van der Waals surface area contributed by atoms with E-state index in [9.17, 15) is 12.8 Å². The molecule has 3 heterocycles. The van der Waals surface area contributed by atoms with Gasteiger partial charge in [0.25, 0.3) is 0 Å². The van der Waals surface area contributed by atoms with Gasteiger partial charge in [-0.2, -0.15) is 5.10 Å². The van der Waals surface area contributed by atoms with Gasteiger partial charge in [0.05, 0.1) is 12.9 Å². The lowest BCUT2D eigenvalue weighted by Gasteiger charge is -2.30. The van der Waals surface area contributed by atoms with Gasteiger partial charge in [0.1, 0.15) is 11.6 Å². The standard InChI is InChI=1S/C21H25FN4O3S/c1-3-11-30(27,28)25-10-4-5-16(13-25)21-23-20-9-6-15(14-26(20)24-21)18-12-17(22)7-8-19(18)29-2/h6-9,12,14,16H,3-5,10-11,13H2,1-2H3. The number of aromatic nitrogens is 3. The van der Waals surface area contributed by atoms with Crippen molar-refractivity contribution in [2.75, 3.05) is 26.0 Å². The fourth-order valence-electron chi connectivity index (χ4n) is 3.93. The van der Waals surface area contributed by atoms with E-state index in [2.05, 4.69) is 10.1 Å². The Balaban J connectivity index is 1.64. The number of pyridine rings is 1. The lowest BCUT2D eigenvalue weighted by molar-refractivity contribution is 0.309. The Kier molecular flexibility index (Phi) is 5.75. The third kappa shape index (κ3) is 4.04. The van der Waals surface area contributed by atoms with Crippen LogP contribution in [0.15, 0.2) is 36.5 Å². The summed E-state index contributed by atoms with van der Waals surface area (Å²) in [5.74, 6) is 0.977. The summed E-state index contributed by atoms with van der Waals surface area (Å²) in [5, 5.41) is 4.61. The molecule has 0 spiro atoms. The number of rotatable bonds is 6. The van der Waals surface area contributed by atoms with Crippen LogP contribution >= 0.6 is 0 Å². The molecule has 1 unspecified atom stereocenters. The van der Waals surface area contributed by atoms with E-state index in [4.69, 9.17) is 4.74 Å². The first kappa shape index (κ1) is 20.7. The molecule has 0 bridgehead atoms. The molecular weight excluding hydrogens is 407 g/mol. The summed E-state index contributed by atoms with van der Waals surface area (Å²) in [6.07, 6.45) is 4.02. The van der Waals surface area contributed by atoms with Crippen LogP contribution in [0.4, 0.5) is 4.39 Å². The van der Waals surface area contributed by atoms with Gasteiger partial charge in [-0.15, -0.1) is 0 Å². The average Bonchev–Trinajstić information content (AvgIpc) is 3.17. The minimum Gasteiger partial charge on any atom is -0.496 e. The van der Waals surface area contributed by atoms with E-state index in [0.717, 1.165) is 18.4 Å². The molecule has 1 aliphatic rings. The van der Waals surface area contributed by atoms with Crippen LogP contribution in [-0.2, 0) is 10.0 Å². The molecule has 0 aliphatic carbocycles. The van der Waals surface area contributed by atoms with E-state index in [0.29, 0.717) is 42.3 Å². The zero-order valence-corrected chi connectivity index (χ0v) is 17.9. The number of fused-ring (bicyclic) bond motifs is 1. The van der Waals surface area contributed by atoms with Crippen LogP contribution in [-0.4, -0.2) is 53.3 Å². The summed E-state index contributed by atoms with van der Waals surface area (Å²) >= 11 is 0. The van der Waals surface area contributed by atoms with Crippen LogP contribution in [0.2, 0.25) is 0 Å². The number of methoxy groups -OCH3 is 1. The van der Waals surface area contributed by atoms with Crippen molar-refractivity contribution in [1.82, 2.24) is 18.9 Å². The normalized spacial score (nSPS) is 18.0. The van der Waals surface area contributed by atoms with Crippen LogP contribution in [0.5, 0.6) is 5.75 Å². The van der Waals surface area contributed by atoms with Crippen LogP contribution in [0.3, 0.4) is 0 Å². The first-order valence-corrected chi connectivity index (χ1v) is 11.7. The molecule has 7 nitrogen and oxygen atoms in total. The monoisotopic (exact) mass is 432 g/mol. The molecule has 0 radical (unpaired) electrons. The zero-order valence-electron chi connectivity index (χ0n) is 17.1. The summed E-state index contributed by atoms with van der Waals surface area (Å²) in [5.41, 5.74) is 2.05. The van der Waals surface area contributed by atoms with E-state index in [1.807, 2.05) is 19.1 Å². The second-order valence-electron chi connectivity index (χ2n) is 7.55. The van der Waals surface area contributed by atoms with Gasteiger partial charge >= 0.3 is 0 Å². The third-order valence-electron chi connectivity index (χ3n) is 5.42. The maximum atomic E-state index is 13.8. The molecule has 0 saturated carbocycles. The summed E-state index contributed by atoms with van der Waals surface area (Å²) < 4.78 is 47.3. The first-order chi connectivity index (χ1) is 14.4. The number of ether oxygens (including phenoxy) is 1. The maximum Gasteiger partial charge on any atom is 0.214 e. The zero-order chi connectivity index (χ0) is 21.3. The molecule has 0 amide bonds. The van der Waals surface area contributed by atoms with Gasteiger partial charge < -0.3 is 4.74 Å². The number of benzene rings is 1. The van der Waals surface area contributed by atoms with Crippen molar-refractivity contribution in [3.63, 3.8) is 0 Å². The van der Waals surface area contributed by atoms with E-state index >= 15 is 0 Å². The van der Waals surface area contributed by atoms with Crippen molar-refractivity contribution in [2.24, 2.45) is 0 Å². The fourth-order valence-corrected chi connectivity index (χ4v) is 5.52. The Morgan fingerprint density at radius 2 is 2.10 bits per heavy atom. The molecule has 9 heteroatoms. The fraction of sp³-hybridized carbons (Fsp3) is 0.429. The second-order valence-corrected chi connectivity index (χ2v) is 9.64. The molecule has 1 saturated heterocycles. The van der Waals surface area contributed by atoms with Crippen LogP contribution < -0.4 is 4.74 Å². The van der Waals surface area contributed by atoms with Gasteiger partial charge in [0.2, 0.25) is 10.0 Å². The van der Waals surface area contributed by atoms with Crippen LogP contribution in [0, 0.1) is 5.82 Å². The number of halogens is 1. The van der Waals surface area contributed by atoms with Crippen molar-refractivity contribution in [1.29, 1.82) is 0 Å². The summed E-state index contributed by atoms with van der Waals surface area (Å²) in [4.78, 5) is 4.62. The molecule has 0 N–H and O–H groups in total. The summed E-state index contributed by atoms with van der Waals surface area (Å²) in [7, 11) is -1.69. The summed E-state index contributed by atoms with van der Waals surface area (Å²) in [6, 6.07) is 8.05. The van der Waals surface area contributed by atoms with Crippen molar-refractivity contribution < 1.29 is 17.5 Å². The Morgan fingerprint density at radius 3 is 2.87 bits per heavy atom. The number of hydrogen-bond acceptors (Lipinski definition) is 5. The van der Waals surface area contributed by atoms with Crippen LogP contribution in [0.25, 0.3) is 16.8 Å². The van der Waals surface area contributed by atoms with Crippen LogP contribution in [0.1, 0.15) is 37.9 Å². The van der Waals surface area contributed by atoms with Gasteiger partial charge in [-0.1, -0.05) is 6.92 Å². The lowest BCUT2D eigenvalue weighted by atomic mass is 9.99. The van der Waals surface area contributed by atoms with Gasteiger partial charge in [0, 0.05) is 36.3 Å². The Morgan fingerprint density at radius 1 is 1.27 bits per heavy atom. The van der Waals surface area contributed by atoms with E-state index in [-0.39, 0.29) is 17.5 Å². The van der Waals surface area contributed by atoms with Gasteiger partial charge in [-0.3, -0.25) is 0 Å². The lowest BCUT2D eigenvalue weighted by Crippen LogP contribution is -2.40. The third-order valence-corrected chi connectivity index (χ3v) is 7.47. The number of sulfonamides is 1. The second kappa shape index (κ2) is 8.31. The smallest absolute Gasteiger partial charge is 0.214 e. The molecule has 4 rings (SSSR count). The molecule has 1 fully saturated rings. The summed E-state index contributed by atoms with van der Waals surface area (Å²) in [6.45, 7) is 2.83. The van der Waals surface area contributed by atoms with E-state index < -0.39 is 10.0 Å². The molecule has 1 atom stereocenters. The maximum absolute atomic E-state index is 13.8. The molecule has 2 aromatic heterocycles. The van der Waals surface area contributed by atoms with Crippen molar-refractivity contribution >= 4 is 15.7 Å². The van der Waals surface area contributed by atoms with E-state index in [1.165, 1.54) is 12.1 Å². The minimum atomic E-state index is -3.24. The predicted octanol–water partition coefficient (Wildman–Crippen LogP) is 3.46.